The van der Waals surface area contributed by atoms with Gasteiger partial charge in [0.25, 0.3) is 0 Å². The highest BCUT2D eigenvalue weighted by Crippen LogP contribution is 2.34. The molecule has 1 heterocycles. The second-order valence-electron chi connectivity index (χ2n) is 5.66. The number of hydrogen-bond acceptors (Lipinski definition) is 2. The fourth-order valence-electron chi connectivity index (χ4n) is 2.04. The third kappa shape index (κ3) is 3.02. The third-order valence-corrected chi connectivity index (χ3v) is 3.16. The number of nitrogens with zero attached hydrogens (tertiary/aromatic N) is 2. The van der Waals surface area contributed by atoms with E-state index in [1.807, 2.05) is 4.68 Å². The Morgan fingerprint density at radius 3 is 2.18 bits per heavy atom. The highest BCUT2D eigenvalue weighted by molar-refractivity contribution is 5.36. The van der Waals surface area contributed by atoms with Gasteiger partial charge in [-0.05, 0) is 12.3 Å². The van der Waals surface area contributed by atoms with Crippen molar-refractivity contribution in [1.82, 2.24) is 9.78 Å². The summed E-state index contributed by atoms with van der Waals surface area (Å²) in [6, 6.07) is 0. The average molecular weight is 238 g/mol. The second-order valence-corrected chi connectivity index (χ2v) is 5.66. The summed E-state index contributed by atoms with van der Waals surface area (Å²) in [5, 5.41) is 14.9. The van der Waals surface area contributed by atoms with Crippen LogP contribution in [0.1, 0.15) is 71.2 Å². The maximum Gasteiger partial charge on any atom is 0.160 e. The molecule has 0 aliphatic heterocycles. The van der Waals surface area contributed by atoms with Gasteiger partial charge in [0.05, 0.1) is 5.69 Å². The van der Waals surface area contributed by atoms with Crippen LogP contribution in [0.25, 0.3) is 0 Å². The lowest BCUT2D eigenvalue weighted by atomic mass is 10.0. The van der Waals surface area contributed by atoms with Crippen molar-refractivity contribution < 1.29 is 5.11 Å². The first-order chi connectivity index (χ1) is 7.88. The fourth-order valence-corrected chi connectivity index (χ4v) is 2.04. The summed E-state index contributed by atoms with van der Waals surface area (Å²) >= 11 is 0. The second kappa shape index (κ2) is 5.56. The summed E-state index contributed by atoms with van der Waals surface area (Å²) in [6.45, 7) is 13.7. The van der Waals surface area contributed by atoms with Crippen LogP contribution in [-0.2, 0) is 6.54 Å². The van der Waals surface area contributed by atoms with Crippen molar-refractivity contribution in [1.29, 1.82) is 0 Å². The molecule has 0 bridgehead atoms. The Morgan fingerprint density at radius 1 is 1.18 bits per heavy atom. The fraction of sp³-hybridized carbons (Fsp3) is 0.786. The molecular formula is C14H26N2O. The van der Waals surface area contributed by atoms with Crippen LogP contribution in [0.4, 0.5) is 0 Å². The first kappa shape index (κ1) is 14.1. The van der Waals surface area contributed by atoms with E-state index in [0.29, 0.717) is 17.6 Å². The van der Waals surface area contributed by atoms with Crippen molar-refractivity contribution in [2.24, 2.45) is 5.92 Å². The van der Waals surface area contributed by atoms with E-state index in [4.69, 9.17) is 0 Å². The summed E-state index contributed by atoms with van der Waals surface area (Å²) in [7, 11) is 0. The van der Waals surface area contributed by atoms with E-state index >= 15 is 0 Å². The molecule has 98 valence electrons. The molecule has 0 aromatic carbocycles. The minimum atomic E-state index is 0.270. The van der Waals surface area contributed by atoms with Gasteiger partial charge in [-0.2, -0.15) is 5.10 Å². The van der Waals surface area contributed by atoms with Gasteiger partial charge in [-0.25, -0.2) is 0 Å². The highest BCUT2D eigenvalue weighted by atomic mass is 16.3. The van der Waals surface area contributed by atoms with Crippen LogP contribution in [-0.4, -0.2) is 14.9 Å². The van der Waals surface area contributed by atoms with Crippen molar-refractivity contribution in [2.75, 3.05) is 0 Å². The highest BCUT2D eigenvalue weighted by Gasteiger charge is 2.22. The summed E-state index contributed by atoms with van der Waals surface area (Å²) in [6.07, 6.45) is 1.02. The van der Waals surface area contributed by atoms with Gasteiger partial charge in [0.2, 0.25) is 0 Å². The van der Waals surface area contributed by atoms with Crippen LogP contribution in [0.2, 0.25) is 0 Å². The van der Waals surface area contributed by atoms with Gasteiger partial charge in [-0.1, -0.05) is 41.5 Å². The Morgan fingerprint density at radius 2 is 1.76 bits per heavy atom. The van der Waals surface area contributed by atoms with E-state index in [0.717, 1.165) is 24.4 Å². The first-order valence-corrected chi connectivity index (χ1v) is 6.67. The van der Waals surface area contributed by atoms with E-state index in [9.17, 15) is 5.11 Å². The minimum absolute atomic E-state index is 0.270. The van der Waals surface area contributed by atoms with Gasteiger partial charge in [-0.15, -0.1) is 0 Å². The molecule has 0 fully saturated rings. The van der Waals surface area contributed by atoms with E-state index in [2.05, 4.69) is 46.6 Å². The van der Waals surface area contributed by atoms with Gasteiger partial charge >= 0.3 is 0 Å². The molecule has 1 rings (SSSR count). The lowest BCUT2D eigenvalue weighted by Crippen LogP contribution is -2.11. The zero-order valence-corrected chi connectivity index (χ0v) is 12.0. The molecule has 0 spiro atoms. The largest absolute Gasteiger partial charge is 0.504 e. The van der Waals surface area contributed by atoms with E-state index in [1.165, 1.54) is 0 Å². The standard InChI is InChI=1S/C14H26N2O/c1-7-11(6)13-14(17)12(10(4)5)15-16(13)8-9(2)3/h9-11,17H,7-8H2,1-6H3. The van der Waals surface area contributed by atoms with E-state index < -0.39 is 0 Å². The quantitative estimate of drug-likeness (QED) is 0.845. The first-order valence-electron chi connectivity index (χ1n) is 6.67. The Hall–Kier alpha value is -0.990. The molecule has 17 heavy (non-hydrogen) atoms. The molecule has 1 aromatic rings. The predicted molar refractivity (Wildman–Crippen MR) is 71.5 cm³/mol. The Bertz CT molecular complexity index is 367. The molecule has 1 unspecified atom stereocenters. The summed E-state index contributed by atoms with van der Waals surface area (Å²) in [4.78, 5) is 0. The van der Waals surface area contributed by atoms with Crippen LogP contribution in [0.3, 0.4) is 0 Å². The van der Waals surface area contributed by atoms with Crippen molar-refractivity contribution in [3.05, 3.63) is 11.4 Å². The molecule has 1 atom stereocenters. The molecule has 3 nitrogen and oxygen atoms in total. The average Bonchev–Trinajstić information content (AvgIpc) is 2.54. The zero-order chi connectivity index (χ0) is 13.2. The molecule has 1 N–H and O–H groups in total. The zero-order valence-electron chi connectivity index (χ0n) is 12.0. The maximum absolute atomic E-state index is 10.3. The molecular weight excluding hydrogens is 212 g/mol. The summed E-state index contributed by atoms with van der Waals surface area (Å²) < 4.78 is 2.00. The van der Waals surface area contributed by atoms with Crippen LogP contribution in [0, 0.1) is 5.92 Å². The van der Waals surface area contributed by atoms with Gasteiger partial charge in [-0.3, -0.25) is 4.68 Å². The molecule has 0 saturated heterocycles. The molecule has 0 radical (unpaired) electrons. The Labute approximate surface area is 105 Å². The molecule has 0 amide bonds. The number of aromatic hydroxyl groups is 1. The number of aromatic nitrogens is 2. The summed E-state index contributed by atoms with van der Waals surface area (Å²) in [5.41, 5.74) is 1.84. The topological polar surface area (TPSA) is 38.1 Å². The number of hydrogen-bond donors (Lipinski definition) is 1. The smallest absolute Gasteiger partial charge is 0.160 e. The van der Waals surface area contributed by atoms with Crippen molar-refractivity contribution in [3.63, 3.8) is 0 Å². The molecule has 0 saturated carbocycles. The minimum Gasteiger partial charge on any atom is -0.504 e. The Balaban J connectivity index is 3.21. The van der Waals surface area contributed by atoms with Crippen molar-refractivity contribution in [3.8, 4) is 5.75 Å². The predicted octanol–water partition coefficient (Wildman–Crippen LogP) is 3.88. The monoisotopic (exact) mass is 238 g/mol. The SMILES string of the molecule is CCC(C)c1c(O)c(C(C)C)nn1CC(C)C. The molecule has 1 aromatic heterocycles. The van der Waals surface area contributed by atoms with Gasteiger partial charge in [0.1, 0.15) is 5.69 Å². The lowest BCUT2D eigenvalue weighted by molar-refractivity contribution is 0.429. The van der Waals surface area contributed by atoms with E-state index in [1.54, 1.807) is 0 Å². The Kier molecular flexibility index (Phi) is 4.61. The van der Waals surface area contributed by atoms with Crippen molar-refractivity contribution >= 4 is 0 Å². The normalized spacial score (nSPS) is 13.6. The molecule has 0 aliphatic rings. The van der Waals surface area contributed by atoms with Gasteiger partial charge in [0, 0.05) is 18.4 Å². The lowest BCUT2D eigenvalue weighted by Gasteiger charge is -2.14. The van der Waals surface area contributed by atoms with Crippen molar-refractivity contribution in [2.45, 2.75) is 66.3 Å². The molecule has 0 aliphatic carbocycles. The van der Waals surface area contributed by atoms with E-state index in [-0.39, 0.29) is 5.92 Å². The molecule has 3 heteroatoms. The van der Waals surface area contributed by atoms with Crippen LogP contribution in [0.15, 0.2) is 0 Å². The van der Waals surface area contributed by atoms with Gasteiger partial charge < -0.3 is 5.11 Å². The van der Waals surface area contributed by atoms with Gasteiger partial charge in [0.15, 0.2) is 5.75 Å². The van der Waals surface area contributed by atoms with Crippen LogP contribution >= 0.6 is 0 Å². The maximum atomic E-state index is 10.3. The third-order valence-electron chi connectivity index (χ3n) is 3.16. The number of rotatable bonds is 5. The van der Waals surface area contributed by atoms with Crippen LogP contribution in [0.5, 0.6) is 5.75 Å². The summed E-state index contributed by atoms with van der Waals surface area (Å²) in [5.74, 6) is 1.58. The van der Waals surface area contributed by atoms with Crippen LogP contribution < -0.4 is 0 Å².